The molecule has 0 unspecified atom stereocenters. The number of hydrogen-bond donors (Lipinski definition) is 0. The molecule has 0 spiro atoms. The molecule has 1 aromatic heterocycles. The Balaban J connectivity index is 1.92. The fraction of sp³-hybridized carbons (Fsp3) is 0.0714. The van der Waals surface area contributed by atoms with E-state index in [1.165, 1.54) is 6.07 Å². The molecule has 1 aliphatic heterocycles. The average Bonchev–Trinajstić information content (AvgIpc) is 3.05. The third-order valence-corrected chi connectivity index (χ3v) is 3.83. The van der Waals surface area contributed by atoms with E-state index in [4.69, 9.17) is 9.47 Å². The summed E-state index contributed by atoms with van der Waals surface area (Å²) in [5, 5.41) is 0. The van der Waals surface area contributed by atoms with Crippen molar-refractivity contribution in [3.63, 3.8) is 0 Å². The molecular formula is C14H8BrFN2O2. The third kappa shape index (κ3) is 1.68. The van der Waals surface area contributed by atoms with Crippen LogP contribution < -0.4 is 9.47 Å². The maximum atomic E-state index is 13.5. The van der Waals surface area contributed by atoms with Crippen LogP contribution in [-0.4, -0.2) is 16.3 Å². The molecule has 100 valence electrons. The maximum absolute atomic E-state index is 13.5. The first kappa shape index (κ1) is 11.7. The summed E-state index contributed by atoms with van der Waals surface area (Å²) in [6, 6.07) is 8.75. The first-order chi connectivity index (χ1) is 9.72. The first-order valence-electron chi connectivity index (χ1n) is 5.94. The van der Waals surface area contributed by atoms with Crippen LogP contribution >= 0.6 is 15.9 Å². The standard InChI is InChI=1S/C14H8BrFN2O2/c15-9-4-12-11(5-10(9)16)17-6-18(12)8-1-2-13-14(3-8)20-7-19-13/h1-6H,7H2. The van der Waals surface area contributed by atoms with Gasteiger partial charge >= 0.3 is 0 Å². The summed E-state index contributed by atoms with van der Waals surface area (Å²) in [4.78, 5) is 4.22. The van der Waals surface area contributed by atoms with Crippen LogP contribution in [0.15, 0.2) is 41.1 Å². The molecule has 0 fully saturated rings. The lowest BCUT2D eigenvalue weighted by Gasteiger charge is -2.06. The van der Waals surface area contributed by atoms with Crippen LogP contribution in [0.1, 0.15) is 0 Å². The molecule has 2 heterocycles. The van der Waals surface area contributed by atoms with Crippen molar-refractivity contribution in [2.24, 2.45) is 0 Å². The molecule has 3 aromatic rings. The molecule has 0 N–H and O–H groups in total. The number of imidazole rings is 1. The Labute approximate surface area is 121 Å². The van der Waals surface area contributed by atoms with Gasteiger partial charge in [-0.05, 0) is 34.1 Å². The molecule has 0 saturated carbocycles. The average molecular weight is 335 g/mol. The fourth-order valence-corrected chi connectivity index (χ4v) is 2.58. The van der Waals surface area contributed by atoms with Crippen LogP contribution in [0.4, 0.5) is 4.39 Å². The summed E-state index contributed by atoms with van der Waals surface area (Å²) in [6.45, 7) is 0.236. The highest BCUT2D eigenvalue weighted by molar-refractivity contribution is 9.10. The van der Waals surface area contributed by atoms with Gasteiger partial charge in [-0.25, -0.2) is 9.37 Å². The number of halogens is 2. The Kier molecular flexibility index (Phi) is 2.47. The second-order valence-electron chi connectivity index (χ2n) is 4.41. The lowest BCUT2D eigenvalue weighted by Crippen LogP contribution is -1.93. The molecular weight excluding hydrogens is 327 g/mol. The quantitative estimate of drug-likeness (QED) is 0.681. The van der Waals surface area contributed by atoms with Crippen molar-refractivity contribution in [3.8, 4) is 17.2 Å². The number of rotatable bonds is 1. The zero-order valence-electron chi connectivity index (χ0n) is 10.1. The van der Waals surface area contributed by atoms with E-state index >= 15 is 0 Å². The van der Waals surface area contributed by atoms with Crippen molar-refractivity contribution in [2.45, 2.75) is 0 Å². The summed E-state index contributed by atoms with van der Waals surface area (Å²) in [5.74, 6) is 1.10. The predicted octanol–water partition coefficient (Wildman–Crippen LogP) is 3.66. The highest BCUT2D eigenvalue weighted by atomic mass is 79.9. The predicted molar refractivity (Wildman–Crippen MR) is 74.9 cm³/mol. The second kappa shape index (κ2) is 4.21. The Morgan fingerprint density at radius 3 is 2.90 bits per heavy atom. The maximum Gasteiger partial charge on any atom is 0.231 e. The van der Waals surface area contributed by atoms with Gasteiger partial charge in [0, 0.05) is 12.1 Å². The normalized spacial score (nSPS) is 13.1. The van der Waals surface area contributed by atoms with Crippen molar-refractivity contribution < 1.29 is 13.9 Å². The minimum Gasteiger partial charge on any atom is -0.454 e. The van der Waals surface area contributed by atoms with Crippen LogP contribution in [0, 0.1) is 5.82 Å². The SMILES string of the molecule is Fc1cc2ncn(-c3ccc4c(c3)OCO4)c2cc1Br. The van der Waals surface area contributed by atoms with Crippen LogP contribution in [-0.2, 0) is 0 Å². The summed E-state index contributed by atoms with van der Waals surface area (Å²) in [7, 11) is 0. The monoisotopic (exact) mass is 334 g/mol. The zero-order valence-corrected chi connectivity index (χ0v) is 11.7. The summed E-state index contributed by atoms with van der Waals surface area (Å²) >= 11 is 3.20. The highest BCUT2D eigenvalue weighted by Gasteiger charge is 2.15. The number of fused-ring (bicyclic) bond motifs is 2. The summed E-state index contributed by atoms with van der Waals surface area (Å²) in [5.41, 5.74) is 2.30. The highest BCUT2D eigenvalue weighted by Crippen LogP contribution is 2.34. The second-order valence-corrected chi connectivity index (χ2v) is 5.26. The number of nitrogens with zero attached hydrogens (tertiary/aromatic N) is 2. The molecule has 0 radical (unpaired) electrons. The molecule has 4 rings (SSSR count). The molecule has 1 aliphatic rings. The van der Waals surface area contributed by atoms with Gasteiger partial charge in [0.05, 0.1) is 21.2 Å². The third-order valence-electron chi connectivity index (χ3n) is 3.22. The van der Waals surface area contributed by atoms with Gasteiger partial charge in [-0.2, -0.15) is 0 Å². The van der Waals surface area contributed by atoms with Gasteiger partial charge in [-0.1, -0.05) is 0 Å². The molecule has 4 nitrogen and oxygen atoms in total. The van der Waals surface area contributed by atoms with E-state index in [2.05, 4.69) is 20.9 Å². The van der Waals surface area contributed by atoms with Gasteiger partial charge in [-0.15, -0.1) is 0 Å². The van der Waals surface area contributed by atoms with Crippen LogP contribution in [0.25, 0.3) is 16.7 Å². The number of hydrogen-bond acceptors (Lipinski definition) is 3. The molecule has 0 saturated heterocycles. The van der Waals surface area contributed by atoms with E-state index in [0.29, 0.717) is 15.7 Å². The van der Waals surface area contributed by atoms with E-state index in [1.807, 2.05) is 22.8 Å². The lowest BCUT2D eigenvalue weighted by atomic mass is 10.2. The zero-order chi connectivity index (χ0) is 13.7. The number of benzene rings is 2. The van der Waals surface area contributed by atoms with Crippen molar-refractivity contribution in [2.75, 3.05) is 6.79 Å². The molecule has 6 heteroatoms. The minimum atomic E-state index is -0.326. The van der Waals surface area contributed by atoms with E-state index in [-0.39, 0.29) is 12.6 Å². The Hall–Kier alpha value is -2.08. The van der Waals surface area contributed by atoms with Crippen molar-refractivity contribution in [1.29, 1.82) is 0 Å². The van der Waals surface area contributed by atoms with Crippen LogP contribution in [0.5, 0.6) is 11.5 Å². The summed E-state index contributed by atoms with van der Waals surface area (Å²) in [6.07, 6.45) is 1.66. The minimum absolute atomic E-state index is 0.236. The van der Waals surface area contributed by atoms with Crippen LogP contribution in [0.3, 0.4) is 0 Å². The smallest absolute Gasteiger partial charge is 0.231 e. The molecule has 2 aromatic carbocycles. The van der Waals surface area contributed by atoms with E-state index < -0.39 is 0 Å². The number of aromatic nitrogens is 2. The van der Waals surface area contributed by atoms with Crippen molar-refractivity contribution in [1.82, 2.24) is 9.55 Å². The van der Waals surface area contributed by atoms with Gasteiger partial charge in [0.15, 0.2) is 11.5 Å². The molecule has 0 bridgehead atoms. The Morgan fingerprint density at radius 2 is 2.00 bits per heavy atom. The Morgan fingerprint density at radius 1 is 1.15 bits per heavy atom. The molecule has 0 aliphatic carbocycles. The molecule has 0 atom stereocenters. The fourth-order valence-electron chi connectivity index (χ4n) is 2.25. The molecule has 0 amide bonds. The topological polar surface area (TPSA) is 36.3 Å². The van der Waals surface area contributed by atoms with Gasteiger partial charge in [0.25, 0.3) is 0 Å². The van der Waals surface area contributed by atoms with Crippen molar-refractivity contribution >= 4 is 27.0 Å². The lowest BCUT2D eigenvalue weighted by molar-refractivity contribution is 0.174. The van der Waals surface area contributed by atoms with E-state index in [9.17, 15) is 4.39 Å². The first-order valence-corrected chi connectivity index (χ1v) is 6.74. The van der Waals surface area contributed by atoms with Crippen LogP contribution in [0.2, 0.25) is 0 Å². The largest absolute Gasteiger partial charge is 0.454 e. The van der Waals surface area contributed by atoms with E-state index in [0.717, 1.165) is 17.0 Å². The summed E-state index contributed by atoms with van der Waals surface area (Å²) < 4.78 is 26.4. The van der Waals surface area contributed by atoms with Gasteiger partial charge in [-0.3, -0.25) is 4.57 Å². The van der Waals surface area contributed by atoms with E-state index in [1.54, 1.807) is 12.4 Å². The van der Waals surface area contributed by atoms with Crippen molar-refractivity contribution in [3.05, 3.63) is 46.9 Å². The Bertz CT molecular complexity index is 831. The van der Waals surface area contributed by atoms with Gasteiger partial charge in [0.2, 0.25) is 6.79 Å². The van der Waals surface area contributed by atoms with Gasteiger partial charge < -0.3 is 9.47 Å². The number of ether oxygens (including phenoxy) is 2. The van der Waals surface area contributed by atoms with Gasteiger partial charge in [0.1, 0.15) is 12.1 Å². The molecule has 20 heavy (non-hydrogen) atoms.